The first-order chi connectivity index (χ1) is 11.1. The first kappa shape index (κ1) is 23.9. The summed E-state index contributed by atoms with van der Waals surface area (Å²) in [6, 6.07) is 6.88. The molecule has 8 heteroatoms. The van der Waals surface area contributed by atoms with Gasteiger partial charge in [0.15, 0.2) is 0 Å². The van der Waals surface area contributed by atoms with E-state index in [-0.39, 0.29) is 36.6 Å². The molecule has 25 heavy (non-hydrogen) atoms. The molecule has 1 aromatic carbocycles. The van der Waals surface area contributed by atoms with Crippen molar-refractivity contribution in [2.45, 2.75) is 18.9 Å². The van der Waals surface area contributed by atoms with Gasteiger partial charge in [0.2, 0.25) is 5.91 Å². The molecule has 1 saturated heterocycles. The van der Waals surface area contributed by atoms with Crippen LogP contribution in [0.4, 0.5) is 5.69 Å². The number of carbonyl (C=O) groups excluding carboxylic acids is 1. The van der Waals surface area contributed by atoms with Crippen molar-refractivity contribution in [2.75, 3.05) is 45.8 Å². The molecular weight excluding hydrogens is 365 g/mol. The Morgan fingerprint density at radius 3 is 2.44 bits per heavy atom. The Morgan fingerprint density at radius 1 is 1.28 bits per heavy atom. The second-order valence-corrected chi connectivity index (χ2v) is 6.14. The van der Waals surface area contributed by atoms with Crippen molar-refractivity contribution in [1.29, 1.82) is 0 Å². The van der Waals surface area contributed by atoms with E-state index >= 15 is 0 Å². The summed E-state index contributed by atoms with van der Waals surface area (Å²) < 4.78 is 10.9. The van der Waals surface area contributed by atoms with Gasteiger partial charge in [0, 0.05) is 25.4 Å². The Bertz CT molecular complexity index is 494. The fourth-order valence-electron chi connectivity index (χ4n) is 2.50. The number of anilines is 1. The molecule has 0 saturated carbocycles. The Kier molecular flexibility index (Phi) is 11.8. The molecule has 1 aliphatic heterocycles. The van der Waals surface area contributed by atoms with E-state index in [2.05, 4.69) is 10.2 Å². The second kappa shape index (κ2) is 12.3. The van der Waals surface area contributed by atoms with Gasteiger partial charge in [-0.3, -0.25) is 4.79 Å². The van der Waals surface area contributed by atoms with Crippen molar-refractivity contribution < 1.29 is 14.3 Å². The van der Waals surface area contributed by atoms with Crippen LogP contribution in [0.2, 0.25) is 0 Å². The van der Waals surface area contributed by atoms with Gasteiger partial charge in [-0.25, -0.2) is 0 Å². The minimum absolute atomic E-state index is 0. The largest absolute Gasteiger partial charge is 0.492 e. The third kappa shape index (κ3) is 8.25. The number of benzene rings is 1. The number of nitrogens with two attached hydrogens (primary N) is 1. The predicted octanol–water partition coefficient (Wildman–Crippen LogP) is 2.16. The van der Waals surface area contributed by atoms with E-state index in [4.69, 9.17) is 15.2 Å². The lowest BCUT2D eigenvalue weighted by molar-refractivity contribution is -0.119. The molecule has 1 unspecified atom stereocenters. The Morgan fingerprint density at radius 2 is 1.88 bits per heavy atom. The van der Waals surface area contributed by atoms with Crippen molar-refractivity contribution in [3.63, 3.8) is 0 Å². The Balaban J connectivity index is 0.00000288. The molecule has 0 spiro atoms. The van der Waals surface area contributed by atoms with Crippen LogP contribution in [0.15, 0.2) is 24.3 Å². The van der Waals surface area contributed by atoms with E-state index in [1.54, 1.807) is 0 Å². The maximum Gasteiger partial charge on any atom is 0.241 e. The van der Waals surface area contributed by atoms with E-state index in [1.807, 2.05) is 38.4 Å². The molecule has 2 rings (SSSR count). The maximum absolute atomic E-state index is 12.2. The molecular formula is C17H29Cl2N3O3. The summed E-state index contributed by atoms with van der Waals surface area (Å²) in [6.07, 6.45) is 1.68. The highest BCUT2D eigenvalue weighted by Gasteiger charge is 2.26. The van der Waals surface area contributed by atoms with Gasteiger partial charge in [0.05, 0.1) is 6.04 Å². The number of rotatable bonds is 7. The molecule has 3 N–H and O–H groups in total. The van der Waals surface area contributed by atoms with Gasteiger partial charge in [-0.15, -0.1) is 24.8 Å². The van der Waals surface area contributed by atoms with Gasteiger partial charge in [0.1, 0.15) is 12.4 Å². The second-order valence-electron chi connectivity index (χ2n) is 6.14. The molecule has 6 nitrogen and oxygen atoms in total. The van der Waals surface area contributed by atoms with Crippen LogP contribution in [-0.4, -0.2) is 57.3 Å². The predicted molar refractivity (Wildman–Crippen MR) is 105 cm³/mol. The van der Waals surface area contributed by atoms with Crippen molar-refractivity contribution in [3.05, 3.63) is 24.3 Å². The molecule has 1 aliphatic rings. The highest BCUT2D eigenvalue weighted by Crippen LogP contribution is 2.20. The number of hydrogen-bond donors (Lipinski definition) is 2. The van der Waals surface area contributed by atoms with Crippen LogP contribution < -0.4 is 15.8 Å². The van der Waals surface area contributed by atoms with Gasteiger partial charge < -0.3 is 25.4 Å². The zero-order chi connectivity index (χ0) is 16.7. The summed E-state index contributed by atoms with van der Waals surface area (Å²) in [7, 11) is 4.01. The molecule has 0 bridgehead atoms. The fourth-order valence-corrected chi connectivity index (χ4v) is 2.50. The van der Waals surface area contributed by atoms with Crippen molar-refractivity contribution in [1.82, 2.24) is 4.90 Å². The molecule has 0 aromatic heterocycles. The molecule has 144 valence electrons. The first-order valence-electron chi connectivity index (χ1n) is 8.08. The van der Waals surface area contributed by atoms with Gasteiger partial charge in [-0.05, 0) is 57.1 Å². The molecule has 1 aromatic rings. The zero-order valence-electron chi connectivity index (χ0n) is 14.8. The van der Waals surface area contributed by atoms with Crippen molar-refractivity contribution in [3.8, 4) is 5.75 Å². The van der Waals surface area contributed by atoms with Crippen LogP contribution >= 0.6 is 24.8 Å². The normalized spacial score (nSPS) is 15.7. The number of carbonyl (C=O) groups is 1. The minimum atomic E-state index is -0.491. The molecule has 1 amide bonds. The molecule has 0 radical (unpaired) electrons. The number of nitrogens with one attached hydrogen (secondary N) is 1. The van der Waals surface area contributed by atoms with Gasteiger partial charge >= 0.3 is 0 Å². The summed E-state index contributed by atoms with van der Waals surface area (Å²) in [4.78, 5) is 14.3. The summed E-state index contributed by atoms with van der Waals surface area (Å²) in [5.74, 6) is 0.842. The summed E-state index contributed by atoms with van der Waals surface area (Å²) in [6.45, 7) is 2.86. The smallest absolute Gasteiger partial charge is 0.241 e. The topological polar surface area (TPSA) is 76.8 Å². The van der Waals surface area contributed by atoms with Crippen LogP contribution in [0.3, 0.4) is 0 Å². The SMILES string of the molecule is CN(C)CCOc1ccc(NC(=O)C(N)C2CCOCC2)cc1.Cl.Cl. The van der Waals surface area contributed by atoms with Crippen LogP contribution in [0.5, 0.6) is 5.75 Å². The quantitative estimate of drug-likeness (QED) is 0.741. The standard InChI is InChI=1S/C17H27N3O3.2ClH/c1-20(2)9-12-23-15-5-3-14(4-6-15)19-17(21)16(18)13-7-10-22-11-8-13;;/h3-6,13,16H,7-12,18H2,1-2H3,(H,19,21);2*1H. The van der Waals surface area contributed by atoms with Crippen LogP contribution in [0, 0.1) is 5.92 Å². The lowest BCUT2D eigenvalue weighted by atomic mass is 9.92. The van der Waals surface area contributed by atoms with Gasteiger partial charge in [0.25, 0.3) is 0 Å². The fraction of sp³-hybridized carbons (Fsp3) is 0.588. The highest BCUT2D eigenvalue weighted by atomic mass is 35.5. The molecule has 1 atom stereocenters. The highest BCUT2D eigenvalue weighted by molar-refractivity contribution is 5.94. The van der Waals surface area contributed by atoms with Crippen molar-refractivity contribution >= 4 is 36.4 Å². The lowest BCUT2D eigenvalue weighted by Gasteiger charge is -2.26. The number of hydrogen-bond acceptors (Lipinski definition) is 5. The summed E-state index contributed by atoms with van der Waals surface area (Å²) in [5, 5.41) is 2.87. The molecule has 1 fully saturated rings. The van der Waals surface area contributed by atoms with E-state index in [0.717, 1.165) is 30.8 Å². The number of amides is 1. The number of nitrogens with zero attached hydrogens (tertiary/aromatic N) is 1. The Hall–Kier alpha value is -1.05. The zero-order valence-corrected chi connectivity index (χ0v) is 16.4. The van der Waals surface area contributed by atoms with Crippen LogP contribution in [0.1, 0.15) is 12.8 Å². The van der Waals surface area contributed by atoms with Crippen LogP contribution in [0.25, 0.3) is 0 Å². The number of likely N-dealkylation sites (N-methyl/N-ethyl adjacent to an activating group) is 1. The average Bonchev–Trinajstić information content (AvgIpc) is 2.56. The third-order valence-corrected chi connectivity index (χ3v) is 4.01. The van der Waals surface area contributed by atoms with E-state index in [9.17, 15) is 4.79 Å². The third-order valence-electron chi connectivity index (χ3n) is 4.01. The van der Waals surface area contributed by atoms with Gasteiger partial charge in [-0.2, -0.15) is 0 Å². The molecule has 0 aliphatic carbocycles. The monoisotopic (exact) mass is 393 g/mol. The maximum atomic E-state index is 12.2. The van der Waals surface area contributed by atoms with E-state index in [1.165, 1.54) is 0 Å². The summed E-state index contributed by atoms with van der Waals surface area (Å²) in [5.41, 5.74) is 6.80. The number of halogens is 2. The lowest BCUT2D eigenvalue weighted by Crippen LogP contribution is -2.43. The minimum Gasteiger partial charge on any atom is -0.492 e. The Labute approximate surface area is 162 Å². The first-order valence-corrected chi connectivity index (χ1v) is 8.08. The van der Waals surface area contributed by atoms with E-state index < -0.39 is 6.04 Å². The molecule has 1 heterocycles. The number of ether oxygens (including phenoxy) is 2. The van der Waals surface area contributed by atoms with Gasteiger partial charge in [-0.1, -0.05) is 0 Å². The van der Waals surface area contributed by atoms with E-state index in [0.29, 0.717) is 19.8 Å². The van der Waals surface area contributed by atoms with Crippen molar-refractivity contribution in [2.24, 2.45) is 11.7 Å². The van der Waals surface area contributed by atoms with Crippen LogP contribution in [-0.2, 0) is 9.53 Å². The summed E-state index contributed by atoms with van der Waals surface area (Å²) >= 11 is 0. The average molecular weight is 394 g/mol.